The number of para-hydroxylation sites is 1. The molecule has 0 bridgehead atoms. The van der Waals surface area contributed by atoms with Crippen LogP contribution in [-0.2, 0) is 14.9 Å². The van der Waals surface area contributed by atoms with Gasteiger partial charge >= 0.3 is 10.1 Å². The molecular weight excluding hydrogens is 292 g/mol. The Bertz CT molecular complexity index is 570. The van der Waals surface area contributed by atoms with E-state index in [1.54, 1.807) is 37.4 Å². The molecule has 0 heterocycles. The summed E-state index contributed by atoms with van der Waals surface area (Å²) in [5.41, 5.74) is 0. The molecule has 0 aliphatic heterocycles. The second kappa shape index (κ2) is 6.91. The fraction of sp³-hybridized carbons (Fsp3) is 0.500. The van der Waals surface area contributed by atoms with Gasteiger partial charge in [0.25, 0.3) is 5.91 Å². The van der Waals surface area contributed by atoms with Gasteiger partial charge in [-0.1, -0.05) is 18.2 Å². The molecule has 1 atom stereocenters. The molecule has 0 saturated heterocycles. The molecular formula is C14H21N2O4S+. The molecule has 1 saturated carbocycles. The Kier molecular flexibility index (Phi) is 5.19. The van der Waals surface area contributed by atoms with Gasteiger partial charge in [0.05, 0.1) is 13.6 Å². The average Bonchev–Trinajstić information content (AvgIpc) is 3.21. The van der Waals surface area contributed by atoms with Crippen molar-refractivity contribution >= 4 is 16.0 Å². The van der Waals surface area contributed by atoms with Crippen LogP contribution in [-0.4, -0.2) is 46.3 Å². The number of carbonyl (C=O) groups excluding carboxylic acids is 1. The fourth-order valence-electron chi connectivity index (χ4n) is 1.83. The van der Waals surface area contributed by atoms with Gasteiger partial charge in [0.1, 0.15) is 11.5 Å². The Morgan fingerprint density at radius 3 is 2.62 bits per heavy atom. The van der Waals surface area contributed by atoms with E-state index in [1.165, 1.54) is 0 Å². The summed E-state index contributed by atoms with van der Waals surface area (Å²) in [5.74, 6) is 0.155. The molecule has 0 aromatic heterocycles. The Labute approximate surface area is 125 Å². The molecule has 1 aliphatic rings. The summed E-state index contributed by atoms with van der Waals surface area (Å²) in [5, 5.41) is 2.88. The number of amides is 1. The molecule has 1 amide bonds. The van der Waals surface area contributed by atoms with Crippen LogP contribution in [0.25, 0.3) is 0 Å². The fourth-order valence-corrected chi connectivity index (χ4v) is 2.92. The number of hydrogen-bond donors (Lipinski definition) is 2. The second-order valence-electron chi connectivity index (χ2n) is 5.38. The normalized spacial score (nSPS) is 16.2. The van der Waals surface area contributed by atoms with Crippen molar-refractivity contribution in [1.29, 1.82) is 0 Å². The highest BCUT2D eigenvalue weighted by Crippen LogP contribution is 2.18. The lowest BCUT2D eigenvalue weighted by Crippen LogP contribution is -3.10. The lowest BCUT2D eigenvalue weighted by Gasteiger charge is -2.14. The van der Waals surface area contributed by atoms with Crippen LogP contribution in [0.15, 0.2) is 30.3 Å². The van der Waals surface area contributed by atoms with Gasteiger partial charge in [0, 0.05) is 6.04 Å². The molecule has 1 aliphatic carbocycles. The highest BCUT2D eigenvalue weighted by Gasteiger charge is 2.25. The first-order valence-electron chi connectivity index (χ1n) is 7.02. The summed E-state index contributed by atoms with van der Waals surface area (Å²) < 4.78 is 28.7. The van der Waals surface area contributed by atoms with Crippen LogP contribution in [0.4, 0.5) is 0 Å². The maximum Gasteiger partial charge on any atom is 0.314 e. The standard InChI is InChI=1S/C14H20N2O4S/c1-16(11-14(17)15-12-7-8-12)9-10-21(18,19)20-13-5-3-2-4-6-13/h2-6,12H,7-11H2,1H3,(H,15,17)/p+1. The topological polar surface area (TPSA) is 76.9 Å². The molecule has 116 valence electrons. The van der Waals surface area contributed by atoms with Gasteiger partial charge in [0.2, 0.25) is 0 Å². The number of rotatable bonds is 8. The number of nitrogens with one attached hydrogen (secondary N) is 2. The van der Waals surface area contributed by atoms with Gasteiger partial charge in [-0.25, -0.2) is 0 Å². The molecule has 1 aromatic rings. The summed E-state index contributed by atoms with van der Waals surface area (Å²) in [6.45, 7) is 0.602. The van der Waals surface area contributed by atoms with Crippen molar-refractivity contribution in [1.82, 2.24) is 5.32 Å². The van der Waals surface area contributed by atoms with Crippen LogP contribution in [0.3, 0.4) is 0 Å². The van der Waals surface area contributed by atoms with Crippen molar-refractivity contribution in [3.8, 4) is 5.75 Å². The predicted octanol–water partition coefficient (Wildman–Crippen LogP) is -0.811. The van der Waals surface area contributed by atoms with Crippen molar-refractivity contribution < 1.29 is 22.3 Å². The van der Waals surface area contributed by atoms with Gasteiger partial charge < -0.3 is 14.4 Å². The van der Waals surface area contributed by atoms with Gasteiger partial charge in [-0.05, 0) is 25.0 Å². The highest BCUT2D eigenvalue weighted by molar-refractivity contribution is 7.87. The molecule has 0 radical (unpaired) electrons. The maximum absolute atomic E-state index is 11.8. The van der Waals surface area contributed by atoms with E-state index in [9.17, 15) is 13.2 Å². The zero-order chi connectivity index (χ0) is 15.3. The van der Waals surface area contributed by atoms with E-state index in [-0.39, 0.29) is 18.2 Å². The average molecular weight is 313 g/mol. The van der Waals surface area contributed by atoms with Crippen LogP contribution in [0.5, 0.6) is 5.75 Å². The summed E-state index contributed by atoms with van der Waals surface area (Å²) in [6, 6.07) is 8.73. The van der Waals surface area contributed by atoms with E-state index in [1.807, 2.05) is 0 Å². The van der Waals surface area contributed by atoms with E-state index in [2.05, 4.69) is 5.32 Å². The van der Waals surface area contributed by atoms with E-state index >= 15 is 0 Å². The lowest BCUT2D eigenvalue weighted by atomic mass is 10.3. The number of carbonyl (C=O) groups is 1. The largest absolute Gasteiger partial charge is 0.382 e. The molecule has 2 N–H and O–H groups in total. The molecule has 21 heavy (non-hydrogen) atoms. The van der Waals surface area contributed by atoms with Crippen molar-refractivity contribution in [2.75, 3.05) is 25.9 Å². The summed E-state index contributed by atoms with van der Waals surface area (Å²) >= 11 is 0. The zero-order valence-corrected chi connectivity index (χ0v) is 12.9. The van der Waals surface area contributed by atoms with E-state index in [0.29, 0.717) is 18.3 Å². The maximum atomic E-state index is 11.8. The predicted molar refractivity (Wildman–Crippen MR) is 78.6 cm³/mol. The Morgan fingerprint density at radius 1 is 1.33 bits per heavy atom. The molecule has 1 unspecified atom stereocenters. The molecule has 0 spiro atoms. The minimum absolute atomic E-state index is 0.0311. The number of likely N-dealkylation sites (N-methyl/N-ethyl adjacent to an activating group) is 1. The number of benzene rings is 1. The van der Waals surface area contributed by atoms with Gasteiger partial charge in [-0.15, -0.1) is 0 Å². The first-order chi connectivity index (χ1) is 9.94. The van der Waals surface area contributed by atoms with Crippen molar-refractivity contribution in [3.05, 3.63) is 30.3 Å². The van der Waals surface area contributed by atoms with Crippen molar-refractivity contribution in [3.63, 3.8) is 0 Å². The third kappa shape index (κ3) is 6.14. The Balaban J connectivity index is 1.73. The quantitative estimate of drug-likeness (QED) is 0.615. The van der Waals surface area contributed by atoms with Gasteiger partial charge in [-0.3, -0.25) is 4.79 Å². The summed E-state index contributed by atoms with van der Waals surface area (Å²) in [7, 11) is -1.83. The number of quaternary nitrogens is 1. The number of hydrogen-bond acceptors (Lipinski definition) is 4. The third-order valence-electron chi connectivity index (χ3n) is 3.15. The van der Waals surface area contributed by atoms with Crippen LogP contribution in [0.2, 0.25) is 0 Å². The Morgan fingerprint density at radius 2 is 2.00 bits per heavy atom. The van der Waals surface area contributed by atoms with E-state index < -0.39 is 10.1 Å². The molecule has 2 rings (SSSR count). The van der Waals surface area contributed by atoms with Crippen LogP contribution < -0.4 is 14.4 Å². The van der Waals surface area contributed by atoms with Crippen molar-refractivity contribution in [2.24, 2.45) is 0 Å². The van der Waals surface area contributed by atoms with Crippen LogP contribution >= 0.6 is 0 Å². The Hall–Kier alpha value is -1.60. The zero-order valence-electron chi connectivity index (χ0n) is 12.0. The van der Waals surface area contributed by atoms with Crippen molar-refractivity contribution in [2.45, 2.75) is 18.9 Å². The third-order valence-corrected chi connectivity index (χ3v) is 4.30. The highest BCUT2D eigenvalue weighted by atomic mass is 32.2. The van der Waals surface area contributed by atoms with Gasteiger partial charge in [0.15, 0.2) is 6.54 Å². The molecule has 6 nitrogen and oxygen atoms in total. The molecule has 7 heteroatoms. The minimum atomic E-state index is -3.63. The molecule has 1 fully saturated rings. The summed E-state index contributed by atoms with van der Waals surface area (Å²) in [6.07, 6.45) is 2.09. The molecule has 1 aromatic carbocycles. The van der Waals surface area contributed by atoms with Crippen LogP contribution in [0, 0.1) is 0 Å². The lowest BCUT2D eigenvalue weighted by molar-refractivity contribution is -0.868. The summed E-state index contributed by atoms with van der Waals surface area (Å²) in [4.78, 5) is 12.4. The second-order valence-corrected chi connectivity index (χ2v) is 7.07. The SMILES string of the molecule is C[NH+](CCS(=O)(=O)Oc1ccccc1)CC(=O)NC1CC1. The minimum Gasteiger partial charge on any atom is -0.382 e. The monoisotopic (exact) mass is 313 g/mol. The first-order valence-corrected chi connectivity index (χ1v) is 8.60. The van der Waals surface area contributed by atoms with Crippen LogP contribution in [0.1, 0.15) is 12.8 Å². The van der Waals surface area contributed by atoms with E-state index in [4.69, 9.17) is 4.18 Å². The smallest absolute Gasteiger partial charge is 0.314 e. The van der Waals surface area contributed by atoms with E-state index in [0.717, 1.165) is 17.7 Å². The first kappa shape index (κ1) is 15.8. The van der Waals surface area contributed by atoms with Gasteiger partial charge in [-0.2, -0.15) is 8.42 Å².